The average Bonchev–Trinajstić information content (AvgIpc) is 2.81. The van der Waals surface area contributed by atoms with E-state index in [1.54, 1.807) is 4.90 Å². The minimum atomic E-state index is -0.290. The molecule has 2 fully saturated rings. The third-order valence-electron chi connectivity index (χ3n) is 3.28. The highest BCUT2D eigenvalue weighted by atomic mass is 16.5. The molecule has 0 aromatic carbocycles. The van der Waals surface area contributed by atoms with Crippen LogP contribution in [0.25, 0.3) is 0 Å². The summed E-state index contributed by atoms with van der Waals surface area (Å²) < 4.78 is 5.22. The van der Waals surface area contributed by atoms with E-state index in [9.17, 15) is 9.59 Å². The van der Waals surface area contributed by atoms with Gasteiger partial charge in [0.15, 0.2) is 0 Å². The first-order chi connectivity index (χ1) is 7.74. The second kappa shape index (κ2) is 4.82. The monoisotopic (exact) mass is 226 g/mol. The Morgan fingerprint density at radius 2 is 2.44 bits per heavy atom. The van der Waals surface area contributed by atoms with Crippen molar-refractivity contribution >= 4 is 11.8 Å². The van der Waals surface area contributed by atoms with Gasteiger partial charge >= 0.3 is 0 Å². The fourth-order valence-electron chi connectivity index (χ4n) is 2.35. The highest BCUT2D eigenvalue weighted by Crippen LogP contribution is 2.19. The molecule has 2 unspecified atom stereocenters. The molecule has 1 N–H and O–H groups in total. The van der Waals surface area contributed by atoms with Gasteiger partial charge < -0.3 is 15.0 Å². The summed E-state index contributed by atoms with van der Waals surface area (Å²) in [6.07, 6.45) is 1.46. The Balaban J connectivity index is 2.05. The molecule has 2 amide bonds. The van der Waals surface area contributed by atoms with Crippen molar-refractivity contribution in [2.45, 2.75) is 25.8 Å². The SMILES string of the molecule is CCC1C(=O)NCCN1C(=O)C1CCOC1. The van der Waals surface area contributed by atoms with Gasteiger partial charge in [0.05, 0.1) is 12.5 Å². The summed E-state index contributed by atoms with van der Waals surface area (Å²) in [5.74, 6) is 0.0140. The second-order valence-corrected chi connectivity index (χ2v) is 4.31. The smallest absolute Gasteiger partial charge is 0.242 e. The molecule has 0 bridgehead atoms. The van der Waals surface area contributed by atoms with E-state index in [4.69, 9.17) is 4.74 Å². The average molecular weight is 226 g/mol. The van der Waals surface area contributed by atoms with Gasteiger partial charge in [-0.15, -0.1) is 0 Å². The lowest BCUT2D eigenvalue weighted by molar-refractivity contribution is -0.146. The lowest BCUT2D eigenvalue weighted by atomic mass is 10.0. The van der Waals surface area contributed by atoms with Crippen molar-refractivity contribution in [1.29, 1.82) is 0 Å². The van der Waals surface area contributed by atoms with E-state index in [0.717, 1.165) is 6.42 Å². The van der Waals surface area contributed by atoms with Crippen LogP contribution in [0.4, 0.5) is 0 Å². The van der Waals surface area contributed by atoms with E-state index in [-0.39, 0.29) is 23.8 Å². The number of carbonyl (C=O) groups is 2. The van der Waals surface area contributed by atoms with Crippen LogP contribution in [0.5, 0.6) is 0 Å². The minimum Gasteiger partial charge on any atom is -0.381 e. The molecule has 0 spiro atoms. The summed E-state index contributed by atoms with van der Waals surface area (Å²) in [6, 6.07) is -0.290. The zero-order valence-corrected chi connectivity index (χ0v) is 9.57. The van der Waals surface area contributed by atoms with Crippen LogP contribution in [0.1, 0.15) is 19.8 Å². The number of nitrogens with one attached hydrogen (secondary N) is 1. The number of amides is 2. The third kappa shape index (κ3) is 2.04. The van der Waals surface area contributed by atoms with Crippen LogP contribution in [-0.4, -0.2) is 49.1 Å². The molecular weight excluding hydrogens is 208 g/mol. The standard InChI is InChI=1S/C11H18N2O3/c1-2-9-10(14)12-4-5-13(9)11(15)8-3-6-16-7-8/h8-9H,2-7H2,1H3,(H,12,14). The molecule has 2 aliphatic heterocycles. The molecule has 16 heavy (non-hydrogen) atoms. The van der Waals surface area contributed by atoms with Crippen molar-refractivity contribution in [1.82, 2.24) is 10.2 Å². The summed E-state index contributed by atoms with van der Waals surface area (Å²) in [6.45, 7) is 4.29. The topological polar surface area (TPSA) is 58.6 Å². The quantitative estimate of drug-likeness (QED) is 0.707. The van der Waals surface area contributed by atoms with E-state index in [1.807, 2.05) is 6.92 Å². The number of hydrogen-bond donors (Lipinski definition) is 1. The van der Waals surface area contributed by atoms with Crippen LogP contribution in [0.3, 0.4) is 0 Å². The predicted molar refractivity (Wildman–Crippen MR) is 57.7 cm³/mol. The number of carbonyl (C=O) groups excluding carboxylic acids is 2. The molecule has 2 aliphatic rings. The molecule has 2 saturated heterocycles. The van der Waals surface area contributed by atoms with Gasteiger partial charge in [0.25, 0.3) is 0 Å². The fourth-order valence-corrected chi connectivity index (χ4v) is 2.35. The van der Waals surface area contributed by atoms with Gasteiger partial charge in [-0.3, -0.25) is 9.59 Å². The zero-order chi connectivity index (χ0) is 11.5. The summed E-state index contributed by atoms with van der Waals surface area (Å²) in [4.78, 5) is 25.5. The van der Waals surface area contributed by atoms with Crippen LogP contribution in [0.15, 0.2) is 0 Å². The summed E-state index contributed by atoms with van der Waals surface area (Å²) in [5, 5.41) is 2.79. The van der Waals surface area contributed by atoms with Crippen molar-refractivity contribution < 1.29 is 14.3 Å². The predicted octanol–water partition coefficient (Wildman–Crippen LogP) is -0.240. The largest absolute Gasteiger partial charge is 0.381 e. The molecule has 0 aromatic heterocycles. The van der Waals surface area contributed by atoms with Crippen LogP contribution in [0.2, 0.25) is 0 Å². The van der Waals surface area contributed by atoms with Crippen molar-refractivity contribution in [3.8, 4) is 0 Å². The Hall–Kier alpha value is -1.10. The summed E-state index contributed by atoms with van der Waals surface area (Å²) >= 11 is 0. The first-order valence-electron chi connectivity index (χ1n) is 5.90. The highest BCUT2D eigenvalue weighted by molar-refractivity contribution is 5.89. The van der Waals surface area contributed by atoms with E-state index in [1.165, 1.54) is 0 Å². The van der Waals surface area contributed by atoms with E-state index < -0.39 is 0 Å². The van der Waals surface area contributed by atoms with Crippen molar-refractivity contribution in [2.75, 3.05) is 26.3 Å². The van der Waals surface area contributed by atoms with Crippen LogP contribution < -0.4 is 5.32 Å². The number of nitrogens with zero attached hydrogens (tertiary/aromatic N) is 1. The molecule has 0 aromatic rings. The van der Waals surface area contributed by atoms with Crippen LogP contribution in [0, 0.1) is 5.92 Å². The summed E-state index contributed by atoms with van der Waals surface area (Å²) in [7, 11) is 0. The highest BCUT2D eigenvalue weighted by Gasteiger charge is 2.36. The van der Waals surface area contributed by atoms with Gasteiger partial charge in [-0.25, -0.2) is 0 Å². The molecule has 2 heterocycles. The zero-order valence-electron chi connectivity index (χ0n) is 9.57. The first kappa shape index (κ1) is 11.4. The van der Waals surface area contributed by atoms with Gasteiger partial charge in [-0.1, -0.05) is 6.92 Å². The second-order valence-electron chi connectivity index (χ2n) is 4.31. The lowest BCUT2D eigenvalue weighted by Gasteiger charge is -2.35. The van der Waals surface area contributed by atoms with E-state index in [2.05, 4.69) is 5.32 Å². The number of rotatable bonds is 2. The molecule has 90 valence electrons. The molecule has 0 saturated carbocycles. The number of ether oxygens (including phenoxy) is 1. The summed E-state index contributed by atoms with van der Waals surface area (Å²) in [5.41, 5.74) is 0. The Bertz CT molecular complexity index is 287. The van der Waals surface area contributed by atoms with Crippen LogP contribution in [-0.2, 0) is 14.3 Å². The maximum atomic E-state index is 12.2. The van der Waals surface area contributed by atoms with Gasteiger partial charge in [-0.05, 0) is 12.8 Å². The molecule has 5 nitrogen and oxygen atoms in total. The maximum Gasteiger partial charge on any atom is 0.242 e. The Morgan fingerprint density at radius 1 is 1.62 bits per heavy atom. The Kier molecular flexibility index (Phi) is 3.43. The number of piperazine rings is 1. The molecule has 5 heteroatoms. The van der Waals surface area contributed by atoms with E-state index in [0.29, 0.717) is 32.7 Å². The van der Waals surface area contributed by atoms with Gasteiger partial charge in [0.2, 0.25) is 11.8 Å². The van der Waals surface area contributed by atoms with E-state index >= 15 is 0 Å². The van der Waals surface area contributed by atoms with Crippen molar-refractivity contribution in [3.05, 3.63) is 0 Å². The maximum absolute atomic E-state index is 12.2. The first-order valence-corrected chi connectivity index (χ1v) is 5.90. The Morgan fingerprint density at radius 3 is 3.06 bits per heavy atom. The molecule has 0 aliphatic carbocycles. The normalized spacial score (nSPS) is 30.3. The van der Waals surface area contributed by atoms with Crippen LogP contribution >= 0.6 is 0 Å². The number of hydrogen-bond acceptors (Lipinski definition) is 3. The van der Waals surface area contributed by atoms with Crippen molar-refractivity contribution in [2.24, 2.45) is 5.92 Å². The van der Waals surface area contributed by atoms with Gasteiger partial charge in [0.1, 0.15) is 6.04 Å². The molecule has 2 atom stereocenters. The Labute approximate surface area is 95.1 Å². The van der Waals surface area contributed by atoms with Gasteiger partial charge in [0, 0.05) is 19.7 Å². The fraction of sp³-hybridized carbons (Fsp3) is 0.818. The molecule has 2 rings (SSSR count). The molecular formula is C11H18N2O3. The lowest BCUT2D eigenvalue weighted by Crippen LogP contribution is -2.58. The minimum absolute atomic E-state index is 0.0268. The van der Waals surface area contributed by atoms with Gasteiger partial charge in [-0.2, -0.15) is 0 Å². The van der Waals surface area contributed by atoms with Crippen molar-refractivity contribution in [3.63, 3.8) is 0 Å². The molecule has 0 radical (unpaired) electrons. The third-order valence-corrected chi connectivity index (χ3v) is 3.28.